The van der Waals surface area contributed by atoms with Crippen LogP contribution in [0.4, 0.5) is 9.18 Å². The summed E-state index contributed by atoms with van der Waals surface area (Å²) in [7, 11) is 1.24. The maximum absolute atomic E-state index is 13.2. The highest BCUT2D eigenvalue weighted by Gasteiger charge is 2.29. The second-order valence-electron chi connectivity index (χ2n) is 7.34. The summed E-state index contributed by atoms with van der Waals surface area (Å²) in [6.07, 6.45) is -0.705. The molecule has 0 radical (unpaired) electrons. The van der Waals surface area contributed by atoms with Gasteiger partial charge < -0.3 is 20.1 Å². The highest BCUT2D eigenvalue weighted by molar-refractivity contribution is 5.90. The Bertz CT molecular complexity index is 871. The summed E-state index contributed by atoms with van der Waals surface area (Å²) >= 11 is 0. The van der Waals surface area contributed by atoms with Crippen molar-refractivity contribution < 1.29 is 28.2 Å². The quantitative estimate of drug-likeness (QED) is 0.597. The van der Waals surface area contributed by atoms with E-state index in [0.717, 1.165) is 5.56 Å². The predicted molar refractivity (Wildman–Crippen MR) is 112 cm³/mol. The molecule has 0 spiro atoms. The van der Waals surface area contributed by atoms with Gasteiger partial charge >= 0.3 is 12.1 Å². The second-order valence-corrected chi connectivity index (χ2v) is 7.34. The van der Waals surface area contributed by atoms with Crippen LogP contribution in [0.3, 0.4) is 0 Å². The first kappa shape index (κ1) is 23.9. The minimum absolute atomic E-state index is 0.0361. The second kappa shape index (κ2) is 11.7. The van der Waals surface area contributed by atoms with Gasteiger partial charge in [-0.1, -0.05) is 56.3 Å². The number of amides is 2. The van der Waals surface area contributed by atoms with Gasteiger partial charge in [0.2, 0.25) is 5.91 Å². The number of methoxy groups -OCH3 is 1. The maximum atomic E-state index is 13.2. The van der Waals surface area contributed by atoms with Gasteiger partial charge in [0, 0.05) is 6.42 Å². The van der Waals surface area contributed by atoms with E-state index in [9.17, 15) is 18.8 Å². The molecular formula is C23H27FN2O5. The van der Waals surface area contributed by atoms with Gasteiger partial charge in [0.05, 0.1) is 7.11 Å². The van der Waals surface area contributed by atoms with Crippen LogP contribution >= 0.6 is 0 Å². The zero-order chi connectivity index (χ0) is 22.8. The van der Waals surface area contributed by atoms with Crippen molar-refractivity contribution in [2.45, 2.75) is 39.0 Å². The molecule has 31 heavy (non-hydrogen) atoms. The highest BCUT2D eigenvalue weighted by atomic mass is 19.1. The fourth-order valence-electron chi connectivity index (χ4n) is 2.85. The van der Waals surface area contributed by atoms with Gasteiger partial charge in [-0.05, 0) is 29.2 Å². The van der Waals surface area contributed by atoms with E-state index in [1.807, 2.05) is 18.2 Å². The van der Waals surface area contributed by atoms with Crippen LogP contribution < -0.4 is 10.6 Å². The van der Waals surface area contributed by atoms with E-state index < -0.39 is 35.9 Å². The Kier molecular flexibility index (Phi) is 8.99. The minimum Gasteiger partial charge on any atom is -0.467 e. The maximum Gasteiger partial charge on any atom is 0.408 e. The molecule has 2 aromatic rings. The molecule has 0 bridgehead atoms. The fourth-order valence-corrected chi connectivity index (χ4v) is 2.85. The molecule has 8 heteroatoms. The van der Waals surface area contributed by atoms with E-state index in [2.05, 4.69) is 10.6 Å². The number of benzene rings is 2. The molecular weight excluding hydrogens is 403 g/mol. The van der Waals surface area contributed by atoms with E-state index in [4.69, 9.17) is 9.47 Å². The summed E-state index contributed by atoms with van der Waals surface area (Å²) in [5, 5.41) is 5.15. The number of ether oxygens (including phenoxy) is 2. The molecule has 2 aromatic carbocycles. The summed E-state index contributed by atoms with van der Waals surface area (Å²) in [5.41, 5.74) is 1.42. The highest BCUT2D eigenvalue weighted by Crippen LogP contribution is 2.09. The van der Waals surface area contributed by atoms with Gasteiger partial charge in [-0.2, -0.15) is 0 Å². The minimum atomic E-state index is -1.04. The van der Waals surface area contributed by atoms with Crippen LogP contribution in [0.2, 0.25) is 0 Å². The third-order valence-corrected chi connectivity index (χ3v) is 4.59. The van der Waals surface area contributed by atoms with Crippen molar-refractivity contribution in [2.75, 3.05) is 7.11 Å². The lowest BCUT2D eigenvalue weighted by molar-refractivity contribution is -0.146. The third kappa shape index (κ3) is 7.73. The Balaban J connectivity index is 2.10. The average molecular weight is 430 g/mol. The third-order valence-electron chi connectivity index (χ3n) is 4.59. The van der Waals surface area contributed by atoms with Crippen molar-refractivity contribution in [1.82, 2.24) is 10.6 Å². The molecule has 2 atom stereocenters. The van der Waals surface area contributed by atoms with Crippen LogP contribution in [-0.4, -0.2) is 37.2 Å². The smallest absolute Gasteiger partial charge is 0.408 e. The largest absolute Gasteiger partial charge is 0.467 e. The molecule has 2 N–H and O–H groups in total. The number of rotatable bonds is 9. The van der Waals surface area contributed by atoms with Gasteiger partial charge in [-0.15, -0.1) is 0 Å². The molecule has 0 heterocycles. The van der Waals surface area contributed by atoms with Gasteiger partial charge in [0.1, 0.15) is 24.5 Å². The van der Waals surface area contributed by atoms with Gasteiger partial charge in [0.15, 0.2) is 0 Å². The number of alkyl carbamates (subject to hydrolysis) is 1. The molecule has 2 rings (SSSR count). The first-order valence-electron chi connectivity index (χ1n) is 9.90. The average Bonchev–Trinajstić information content (AvgIpc) is 2.76. The Labute approximate surface area is 180 Å². The van der Waals surface area contributed by atoms with E-state index in [1.165, 1.54) is 31.4 Å². The van der Waals surface area contributed by atoms with E-state index in [1.54, 1.807) is 26.0 Å². The topological polar surface area (TPSA) is 93.7 Å². The standard InChI is InChI=1S/C23H27FN2O5/c1-15(2)20(22(28)30-3)26-21(27)19(13-16-9-11-18(24)12-10-16)25-23(29)31-14-17-7-5-4-6-8-17/h4-12,15,19-20H,13-14H2,1-3H3,(H,25,29)(H,26,27)/t19-,20-/m0/s1. The predicted octanol–water partition coefficient (Wildman–Crippen LogP) is 2.98. The number of nitrogens with one attached hydrogen (secondary N) is 2. The van der Waals surface area contributed by atoms with Crippen molar-refractivity contribution >= 4 is 18.0 Å². The molecule has 0 saturated carbocycles. The van der Waals surface area contributed by atoms with Gasteiger partial charge in [-0.25, -0.2) is 14.0 Å². The Morgan fingerprint density at radius 1 is 0.935 bits per heavy atom. The number of hydrogen-bond acceptors (Lipinski definition) is 5. The lowest BCUT2D eigenvalue weighted by Crippen LogP contribution is -2.54. The van der Waals surface area contributed by atoms with E-state index in [-0.39, 0.29) is 18.9 Å². The molecule has 2 amide bonds. The molecule has 0 unspecified atom stereocenters. The number of esters is 1. The summed E-state index contributed by atoms with van der Waals surface area (Å²) in [5.74, 6) is -1.81. The van der Waals surface area contributed by atoms with Crippen LogP contribution in [0.15, 0.2) is 54.6 Å². The molecule has 0 fully saturated rings. The Morgan fingerprint density at radius 3 is 2.16 bits per heavy atom. The van der Waals surface area contributed by atoms with Gasteiger partial charge in [0.25, 0.3) is 0 Å². The zero-order valence-corrected chi connectivity index (χ0v) is 17.8. The molecule has 0 saturated heterocycles. The number of halogens is 1. The van der Waals surface area contributed by atoms with Gasteiger partial charge in [-0.3, -0.25) is 4.79 Å². The lowest BCUT2D eigenvalue weighted by Gasteiger charge is -2.24. The van der Waals surface area contributed by atoms with Crippen LogP contribution in [0.5, 0.6) is 0 Å². The number of hydrogen-bond donors (Lipinski definition) is 2. The molecule has 166 valence electrons. The fraction of sp³-hybridized carbons (Fsp3) is 0.348. The van der Waals surface area contributed by atoms with Crippen molar-refractivity contribution in [3.05, 3.63) is 71.5 Å². The first-order valence-corrected chi connectivity index (χ1v) is 9.90. The summed E-state index contributed by atoms with van der Waals surface area (Å²) < 4.78 is 23.2. The number of carbonyl (C=O) groups excluding carboxylic acids is 3. The molecule has 0 aromatic heterocycles. The van der Waals surface area contributed by atoms with Crippen LogP contribution in [0.1, 0.15) is 25.0 Å². The summed E-state index contributed by atoms with van der Waals surface area (Å²) in [6, 6.07) is 12.8. The Morgan fingerprint density at radius 2 is 1.58 bits per heavy atom. The normalized spacial score (nSPS) is 12.5. The van der Waals surface area contributed by atoms with E-state index in [0.29, 0.717) is 5.56 Å². The molecule has 7 nitrogen and oxygen atoms in total. The van der Waals surface area contributed by atoms with Crippen molar-refractivity contribution in [3.63, 3.8) is 0 Å². The van der Waals surface area contributed by atoms with Crippen LogP contribution in [0.25, 0.3) is 0 Å². The van der Waals surface area contributed by atoms with Crippen molar-refractivity contribution in [1.29, 1.82) is 0 Å². The summed E-state index contributed by atoms with van der Waals surface area (Å²) in [4.78, 5) is 37.2. The molecule has 0 aliphatic carbocycles. The van der Waals surface area contributed by atoms with E-state index >= 15 is 0 Å². The van der Waals surface area contributed by atoms with Crippen LogP contribution in [-0.2, 0) is 32.1 Å². The van der Waals surface area contributed by atoms with Crippen molar-refractivity contribution in [3.8, 4) is 0 Å². The number of carbonyl (C=O) groups is 3. The summed E-state index contributed by atoms with van der Waals surface area (Å²) in [6.45, 7) is 3.56. The Hall–Kier alpha value is -3.42. The zero-order valence-electron chi connectivity index (χ0n) is 17.8. The van der Waals surface area contributed by atoms with Crippen LogP contribution in [0, 0.1) is 11.7 Å². The molecule has 0 aliphatic heterocycles. The lowest BCUT2D eigenvalue weighted by atomic mass is 10.0. The van der Waals surface area contributed by atoms with Crippen molar-refractivity contribution in [2.24, 2.45) is 5.92 Å². The monoisotopic (exact) mass is 430 g/mol. The SMILES string of the molecule is COC(=O)[C@@H](NC(=O)[C@H](Cc1ccc(F)cc1)NC(=O)OCc1ccccc1)C(C)C. The first-order chi connectivity index (χ1) is 14.8. The molecule has 0 aliphatic rings.